The van der Waals surface area contributed by atoms with Crippen molar-refractivity contribution in [3.05, 3.63) is 23.3 Å². The van der Waals surface area contributed by atoms with Gasteiger partial charge >= 0.3 is 0 Å². The Balaban J connectivity index is 2.60. The fourth-order valence-electron chi connectivity index (χ4n) is 1.26. The molecule has 1 aromatic carbocycles. The minimum atomic E-state index is -0.114. The van der Waals surface area contributed by atoms with Gasteiger partial charge in [0.1, 0.15) is 6.07 Å². The summed E-state index contributed by atoms with van der Waals surface area (Å²) in [5, 5.41) is 17.7. The number of hydrogen-bond donors (Lipinski definition) is 1. The molecule has 1 aromatic rings. The summed E-state index contributed by atoms with van der Waals surface area (Å²) in [6.07, 6.45) is 0. The van der Waals surface area contributed by atoms with Gasteiger partial charge in [0.2, 0.25) is 6.79 Å². The van der Waals surface area contributed by atoms with E-state index in [1.807, 2.05) is 6.07 Å². The van der Waals surface area contributed by atoms with E-state index in [-0.39, 0.29) is 13.4 Å². The number of benzene rings is 1. The number of hydrogen-bond acceptors (Lipinski definition) is 4. The smallest absolute Gasteiger partial charge is 0.231 e. The van der Waals surface area contributed by atoms with Crippen molar-refractivity contribution in [2.45, 2.75) is 6.61 Å². The number of nitriles is 1. The molecule has 0 unspecified atom stereocenters. The highest BCUT2D eigenvalue weighted by atomic mass is 16.7. The predicted octanol–water partition coefficient (Wildman–Crippen LogP) is 0.779. The third kappa shape index (κ3) is 1.10. The number of ether oxygens (including phenoxy) is 2. The molecule has 0 atom stereocenters. The van der Waals surface area contributed by atoms with Gasteiger partial charge in [0.05, 0.1) is 12.2 Å². The molecule has 0 fully saturated rings. The molecule has 1 aliphatic rings. The van der Waals surface area contributed by atoms with Crippen LogP contribution < -0.4 is 9.47 Å². The number of aliphatic hydroxyl groups is 1. The molecular weight excluding hydrogens is 170 g/mol. The second kappa shape index (κ2) is 2.96. The van der Waals surface area contributed by atoms with Crippen molar-refractivity contribution in [1.82, 2.24) is 0 Å². The average molecular weight is 177 g/mol. The molecule has 1 heterocycles. The molecule has 4 nitrogen and oxygen atoms in total. The quantitative estimate of drug-likeness (QED) is 0.688. The lowest BCUT2D eigenvalue weighted by atomic mass is 10.1. The topological polar surface area (TPSA) is 62.5 Å². The lowest BCUT2D eigenvalue weighted by Crippen LogP contribution is -1.94. The van der Waals surface area contributed by atoms with Crippen molar-refractivity contribution in [3.63, 3.8) is 0 Å². The van der Waals surface area contributed by atoms with E-state index in [1.165, 1.54) is 0 Å². The SMILES string of the molecule is N#Cc1ccc(CO)c2c1OCO2. The summed E-state index contributed by atoms with van der Waals surface area (Å²) in [7, 11) is 0. The fraction of sp³-hybridized carbons (Fsp3) is 0.222. The highest BCUT2D eigenvalue weighted by Gasteiger charge is 2.21. The second-order valence-electron chi connectivity index (χ2n) is 2.61. The lowest BCUT2D eigenvalue weighted by Gasteiger charge is -2.02. The van der Waals surface area contributed by atoms with Gasteiger partial charge in [-0.05, 0) is 6.07 Å². The van der Waals surface area contributed by atoms with Crippen molar-refractivity contribution >= 4 is 0 Å². The second-order valence-corrected chi connectivity index (χ2v) is 2.61. The fourth-order valence-corrected chi connectivity index (χ4v) is 1.26. The maximum Gasteiger partial charge on any atom is 0.231 e. The van der Waals surface area contributed by atoms with E-state index in [4.69, 9.17) is 19.8 Å². The van der Waals surface area contributed by atoms with Crippen molar-refractivity contribution in [3.8, 4) is 17.6 Å². The van der Waals surface area contributed by atoms with E-state index < -0.39 is 0 Å². The van der Waals surface area contributed by atoms with Gasteiger partial charge in [-0.3, -0.25) is 0 Å². The molecular formula is C9H7NO3. The molecule has 1 aliphatic heterocycles. The van der Waals surface area contributed by atoms with Crippen LogP contribution in [0, 0.1) is 11.3 Å². The normalized spacial score (nSPS) is 12.6. The van der Waals surface area contributed by atoms with E-state index in [1.54, 1.807) is 12.1 Å². The monoisotopic (exact) mass is 177 g/mol. The van der Waals surface area contributed by atoms with Crippen LogP contribution in [0.3, 0.4) is 0 Å². The zero-order valence-corrected chi connectivity index (χ0v) is 6.78. The number of aliphatic hydroxyl groups excluding tert-OH is 1. The van der Waals surface area contributed by atoms with Crippen LogP contribution in [0.15, 0.2) is 12.1 Å². The van der Waals surface area contributed by atoms with E-state index in [2.05, 4.69) is 0 Å². The van der Waals surface area contributed by atoms with E-state index >= 15 is 0 Å². The molecule has 13 heavy (non-hydrogen) atoms. The largest absolute Gasteiger partial charge is 0.453 e. The van der Waals surface area contributed by atoms with Crippen molar-refractivity contribution in [1.29, 1.82) is 5.26 Å². The molecule has 4 heteroatoms. The zero-order chi connectivity index (χ0) is 9.26. The van der Waals surface area contributed by atoms with Crippen molar-refractivity contribution < 1.29 is 14.6 Å². The van der Waals surface area contributed by atoms with Gasteiger partial charge in [0, 0.05) is 5.56 Å². The van der Waals surface area contributed by atoms with Crippen LogP contribution in [-0.4, -0.2) is 11.9 Å². The predicted molar refractivity (Wildman–Crippen MR) is 43.2 cm³/mol. The number of rotatable bonds is 1. The Kier molecular flexibility index (Phi) is 1.80. The zero-order valence-electron chi connectivity index (χ0n) is 6.78. The van der Waals surface area contributed by atoms with Crippen LogP contribution in [0.5, 0.6) is 11.5 Å². The van der Waals surface area contributed by atoms with Gasteiger partial charge in [-0.2, -0.15) is 5.26 Å². The Morgan fingerprint density at radius 3 is 2.85 bits per heavy atom. The number of fused-ring (bicyclic) bond motifs is 1. The molecule has 0 aromatic heterocycles. The summed E-state index contributed by atoms with van der Waals surface area (Å²) >= 11 is 0. The first-order chi connectivity index (χ1) is 6.36. The summed E-state index contributed by atoms with van der Waals surface area (Å²) in [6.45, 7) is -0.00156. The van der Waals surface area contributed by atoms with Crippen LogP contribution >= 0.6 is 0 Å². The third-order valence-corrected chi connectivity index (χ3v) is 1.89. The minimum absolute atomic E-state index is 0.112. The van der Waals surface area contributed by atoms with Crippen molar-refractivity contribution in [2.75, 3.05) is 6.79 Å². The lowest BCUT2D eigenvalue weighted by molar-refractivity contribution is 0.171. The van der Waals surface area contributed by atoms with Crippen molar-refractivity contribution in [2.24, 2.45) is 0 Å². The molecule has 66 valence electrons. The summed E-state index contributed by atoms with van der Waals surface area (Å²) in [5.74, 6) is 0.926. The van der Waals surface area contributed by atoms with Crippen LogP contribution in [0.4, 0.5) is 0 Å². The molecule has 0 radical (unpaired) electrons. The Hall–Kier alpha value is -1.73. The maximum absolute atomic E-state index is 8.95. The molecule has 0 bridgehead atoms. The Labute approximate surface area is 74.9 Å². The standard InChI is InChI=1S/C9H7NO3/c10-3-6-1-2-7(4-11)9-8(6)12-5-13-9/h1-2,11H,4-5H2. The van der Waals surface area contributed by atoms with Crippen LogP contribution in [-0.2, 0) is 6.61 Å². The highest BCUT2D eigenvalue weighted by molar-refractivity contribution is 5.57. The first-order valence-corrected chi connectivity index (χ1v) is 3.79. The van der Waals surface area contributed by atoms with Gasteiger partial charge in [0.15, 0.2) is 11.5 Å². The molecule has 0 saturated heterocycles. The number of nitrogens with zero attached hydrogens (tertiary/aromatic N) is 1. The van der Waals surface area contributed by atoms with E-state index in [9.17, 15) is 0 Å². The van der Waals surface area contributed by atoms with E-state index in [0.29, 0.717) is 22.6 Å². The van der Waals surface area contributed by atoms with Gasteiger partial charge in [-0.1, -0.05) is 6.07 Å². The van der Waals surface area contributed by atoms with Crippen LogP contribution in [0.2, 0.25) is 0 Å². The molecule has 1 N–H and O–H groups in total. The Bertz CT molecular complexity index is 381. The first kappa shape index (κ1) is 7.90. The summed E-state index contributed by atoms with van der Waals surface area (Å²) in [6, 6.07) is 5.26. The molecule has 0 amide bonds. The van der Waals surface area contributed by atoms with Gasteiger partial charge in [0.25, 0.3) is 0 Å². The highest BCUT2D eigenvalue weighted by Crippen LogP contribution is 2.38. The summed E-state index contributed by atoms with van der Waals surface area (Å²) in [4.78, 5) is 0. The minimum Gasteiger partial charge on any atom is -0.453 e. The third-order valence-electron chi connectivity index (χ3n) is 1.89. The first-order valence-electron chi connectivity index (χ1n) is 3.79. The van der Waals surface area contributed by atoms with Crippen LogP contribution in [0.1, 0.15) is 11.1 Å². The summed E-state index contributed by atoms with van der Waals surface area (Å²) in [5.41, 5.74) is 1.08. The average Bonchev–Trinajstić information content (AvgIpc) is 2.64. The molecule has 0 aliphatic carbocycles. The van der Waals surface area contributed by atoms with Crippen LogP contribution in [0.25, 0.3) is 0 Å². The van der Waals surface area contributed by atoms with Gasteiger partial charge < -0.3 is 14.6 Å². The Morgan fingerprint density at radius 2 is 2.15 bits per heavy atom. The van der Waals surface area contributed by atoms with Gasteiger partial charge in [-0.15, -0.1) is 0 Å². The van der Waals surface area contributed by atoms with E-state index in [0.717, 1.165) is 0 Å². The summed E-state index contributed by atoms with van der Waals surface area (Å²) < 4.78 is 10.2. The molecule has 0 spiro atoms. The molecule has 2 rings (SSSR count). The maximum atomic E-state index is 8.95. The Morgan fingerprint density at radius 1 is 1.38 bits per heavy atom. The molecule has 0 saturated carbocycles. The van der Waals surface area contributed by atoms with Gasteiger partial charge in [-0.25, -0.2) is 0 Å².